The number of anilines is 1. The molecule has 0 radical (unpaired) electrons. The van der Waals surface area contributed by atoms with Crippen molar-refractivity contribution in [2.45, 2.75) is 51.9 Å². The lowest BCUT2D eigenvalue weighted by molar-refractivity contribution is -0.145. The first kappa shape index (κ1) is 15.4. The van der Waals surface area contributed by atoms with E-state index in [9.17, 15) is 4.79 Å². The van der Waals surface area contributed by atoms with Crippen LogP contribution in [0.5, 0.6) is 0 Å². The SMILES string of the molecule is CCCc1nnc(N2CCC3(CCCN(CC4CC4)C3=O)C2)s1. The molecule has 23 heavy (non-hydrogen) atoms. The summed E-state index contributed by atoms with van der Waals surface area (Å²) in [6.45, 7) is 5.93. The summed E-state index contributed by atoms with van der Waals surface area (Å²) >= 11 is 1.70. The van der Waals surface area contributed by atoms with Gasteiger partial charge in [0.15, 0.2) is 0 Å². The normalized spacial score (nSPS) is 28.1. The van der Waals surface area contributed by atoms with Gasteiger partial charge in [-0.15, -0.1) is 10.2 Å². The number of aryl methyl sites for hydroxylation is 1. The lowest BCUT2D eigenvalue weighted by Crippen LogP contribution is -2.50. The van der Waals surface area contributed by atoms with Gasteiger partial charge in [0.2, 0.25) is 11.0 Å². The highest BCUT2D eigenvalue weighted by molar-refractivity contribution is 7.15. The molecule has 0 N–H and O–H groups in total. The van der Waals surface area contributed by atoms with Crippen LogP contribution in [-0.2, 0) is 11.2 Å². The standard InChI is InChI=1S/C17H26N4OS/c1-2-4-14-18-19-16(23-14)21-10-8-17(12-21)7-3-9-20(15(17)22)11-13-5-6-13/h13H,2-12H2,1H3. The van der Waals surface area contributed by atoms with Crippen LogP contribution in [0.2, 0.25) is 0 Å². The highest BCUT2D eigenvalue weighted by Gasteiger charge is 2.49. The molecule has 3 aliphatic rings. The summed E-state index contributed by atoms with van der Waals surface area (Å²) in [7, 11) is 0. The van der Waals surface area contributed by atoms with Gasteiger partial charge in [-0.05, 0) is 44.4 Å². The summed E-state index contributed by atoms with van der Waals surface area (Å²) in [4.78, 5) is 17.5. The molecule has 1 aliphatic carbocycles. The van der Waals surface area contributed by atoms with Crippen molar-refractivity contribution >= 4 is 22.4 Å². The molecule has 1 aromatic heterocycles. The molecule has 4 rings (SSSR count). The minimum absolute atomic E-state index is 0.149. The van der Waals surface area contributed by atoms with Gasteiger partial charge in [0, 0.05) is 32.6 Å². The summed E-state index contributed by atoms with van der Waals surface area (Å²) in [6.07, 6.45) is 7.92. The fourth-order valence-corrected chi connectivity index (χ4v) is 5.01. The van der Waals surface area contributed by atoms with Crippen molar-refractivity contribution in [2.24, 2.45) is 11.3 Å². The highest BCUT2D eigenvalue weighted by atomic mass is 32.1. The molecular formula is C17H26N4OS. The van der Waals surface area contributed by atoms with E-state index in [2.05, 4.69) is 26.9 Å². The summed E-state index contributed by atoms with van der Waals surface area (Å²) in [5, 5.41) is 10.8. The Morgan fingerprint density at radius 3 is 2.91 bits per heavy atom. The topological polar surface area (TPSA) is 49.3 Å². The molecule has 1 aromatic rings. The molecule has 1 saturated carbocycles. The maximum atomic E-state index is 13.1. The van der Waals surface area contributed by atoms with E-state index in [1.165, 1.54) is 12.8 Å². The first-order chi connectivity index (χ1) is 11.2. The second-order valence-electron chi connectivity index (χ2n) is 7.48. The van der Waals surface area contributed by atoms with E-state index < -0.39 is 0 Å². The molecular weight excluding hydrogens is 308 g/mol. The van der Waals surface area contributed by atoms with Gasteiger partial charge in [-0.25, -0.2) is 0 Å². The van der Waals surface area contributed by atoms with Gasteiger partial charge >= 0.3 is 0 Å². The average Bonchev–Trinajstić information content (AvgIpc) is 3.07. The van der Waals surface area contributed by atoms with Crippen LogP contribution >= 0.6 is 11.3 Å². The number of hydrogen-bond donors (Lipinski definition) is 0. The zero-order valence-corrected chi connectivity index (χ0v) is 14.8. The number of nitrogens with zero attached hydrogens (tertiary/aromatic N) is 4. The summed E-state index contributed by atoms with van der Waals surface area (Å²) in [5.41, 5.74) is -0.149. The minimum Gasteiger partial charge on any atom is -0.346 e. The molecule has 3 heterocycles. The second-order valence-corrected chi connectivity index (χ2v) is 8.52. The molecule has 3 fully saturated rings. The van der Waals surface area contributed by atoms with Gasteiger partial charge in [0.25, 0.3) is 0 Å². The van der Waals surface area contributed by atoms with E-state index in [0.29, 0.717) is 5.91 Å². The molecule has 0 bridgehead atoms. The number of carbonyl (C=O) groups is 1. The Morgan fingerprint density at radius 2 is 2.13 bits per heavy atom. The van der Waals surface area contributed by atoms with E-state index in [-0.39, 0.29) is 5.41 Å². The Hall–Kier alpha value is -1.17. The molecule has 2 aliphatic heterocycles. The molecule has 6 heteroatoms. The first-order valence-electron chi connectivity index (χ1n) is 9.07. The molecule has 1 spiro atoms. The summed E-state index contributed by atoms with van der Waals surface area (Å²) < 4.78 is 0. The van der Waals surface area contributed by atoms with Gasteiger partial charge in [0.1, 0.15) is 5.01 Å². The van der Waals surface area contributed by atoms with Crippen molar-refractivity contribution in [2.75, 3.05) is 31.1 Å². The van der Waals surface area contributed by atoms with Crippen molar-refractivity contribution in [3.05, 3.63) is 5.01 Å². The zero-order valence-electron chi connectivity index (χ0n) is 14.0. The van der Waals surface area contributed by atoms with Crippen LogP contribution in [0, 0.1) is 11.3 Å². The van der Waals surface area contributed by atoms with Crippen LogP contribution in [0.25, 0.3) is 0 Å². The zero-order chi connectivity index (χ0) is 15.9. The van der Waals surface area contributed by atoms with Crippen molar-refractivity contribution in [3.63, 3.8) is 0 Å². The largest absolute Gasteiger partial charge is 0.346 e. The number of amides is 1. The highest BCUT2D eigenvalue weighted by Crippen LogP contribution is 2.43. The van der Waals surface area contributed by atoms with Crippen LogP contribution < -0.4 is 4.90 Å². The number of rotatable bonds is 5. The van der Waals surface area contributed by atoms with Gasteiger partial charge in [-0.2, -0.15) is 0 Å². The Bertz CT molecular complexity index is 585. The molecule has 5 nitrogen and oxygen atoms in total. The number of piperidine rings is 1. The van der Waals surface area contributed by atoms with E-state index in [1.807, 2.05) is 0 Å². The maximum Gasteiger partial charge on any atom is 0.230 e. The van der Waals surface area contributed by atoms with Gasteiger partial charge in [-0.3, -0.25) is 4.79 Å². The molecule has 1 atom stereocenters. The fourth-order valence-electron chi connectivity index (χ4n) is 4.04. The van der Waals surface area contributed by atoms with Crippen molar-refractivity contribution in [1.29, 1.82) is 0 Å². The number of hydrogen-bond acceptors (Lipinski definition) is 5. The van der Waals surface area contributed by atoms with Crippen LogP contribution in [0.3, 0.4) is 0 Å². The van der Waals surface area contributed by atoms with Crippen LogP contribution in [0.4, 0.5) is 5.13 Å². The van der Waals surface area contributed by atoms with Gasteiger partial charge in [0.05, 0.1) is 5.41 Å². The van der Waals surface area contributed by atoms with Crippen molar-refractivity contribution in [3.8, 4) is 0 Å². The van der Waals surface area contributed by atoms with Gasteiger partial charge in [-0.1, -0.05) is 18.3 Å². The van der Waals surface area contributed by atoms with E-state index in [1.54, 1.807) is 11.3 Å². The first-order valence-corrected chi connectivity index (χ1v) is 9.88. The predicted octanol–water partition coefficient (Wildman–Crippen LogP) is 2.72. The van der Waals surface area contributed by atoms with Crippen LogP contribution in [-0.4, -0.2) is 47.2 Å². The number of aromatic nitrogens is 2. The Kier molecular flexibility index (Phi) is 4.03. The average molecular weight is 334 g/mol. The molecule has 126 valence electrons. The van der Waals surface area contributed by atoms with E-state index in [0.717, 1.165) is 74.3 Å². The van der Waals surface area contributed by atoms with E-state index >= 15 is 0 Å². The van der Waals surface area contributed by atoms with Gasteiger partial charge < -0.3 is 9.80 Å². The molecule has 1 amide bonds. The predicted molar refractivity (Wildman–Crippen MR) is 91.7 cm³/mol. The minimum atomic E-state index is -0.149. The summed E-state index contributed by atoms with van der Waals surface area (Å²) in [5.74, 6) is 1.20. The molecule has 2 saturated heterocycles. The number of likely N-dealkylation sites (tertiary alicyclic amines) is 1. The smallest absolute Gasteiger partial charge is 0.230 e. The third-order valence-corrected chi connectivity index (χ3v) is 6.59. The third-order valence-electron chi connectivity index (χ3n) is 5.54. The molecule has 0 aromatic carbocycles. The second kappa shape index (κ2) is 6.04. The third kappa shape index (κ3) is 2.97. The van der Waals surface area contributed by atoms with Crippen molar-refractivity contribution < 1.29 is 4.79 Å². The lowest BCUT2D eigenvalue weighted by atomic mass is 9.78. The van der Waals surface area contributed by atoms with Crippen molar-refractivity contribution in [1.82, 2.24) is 15.1 Å². The quantitative estimate of drug-likeness (QED) is 0.831. The maximum absolute atomic E-state index is 13.1. The molecule has 1 unspecified atom stereocenters. The van der Waals surface area contributed by atoms with Crippen LogP contribution in [0.1, 0.15) is 50.5 Å². The van der Waals surface area contributed by atoms with E-state index in [4.69, 9.17) is 0 Å². The summed E-state index contributed by atoms with van der Waals surface area (Å²) in [6, 6.07) is 0. The Morgan fingerprint density at radius 1 is 1.26 bits per heavy atom. The van der Waals surface area contributed by atoms with Crippen LogP contribution in [0.15, 0.2) is 0 Å². The monoisotopic (exact) mass is 334 g/mol. The number of carbonyl (C=O) groups excluding carboxylic acids is 1. The Balaban J connectivity index is 1.45. The lowest BCUT2D eigenvalue weighted by Gasteiger charge is -2.39. The Labute approximate surface area is 142 Å². The fraction of sp³-hybridized carbons (Fsp3) is 0.824.